The minimum atomic E-state index is -0.0366. The number of piperidine rings is 1. The van der Waals surface area contributed by atoms with Gasteiger partial charge in [0.25, 0.3) is 0 Å². The summed E-state index contributed by atoms with van der Waals surface area (Å²) in [6, 6.07) is 18.1. The summed E-state index contributed by atoms with van der Waals surface area (Å²) in [5, 5.41) is 3.05. The van der Waals surface area contributed by atoms with Gasteiger partial charge >= 0.3 is 6.03 Å². The molecule has 0 bridgehead atoms. The first-order valence-corrected chi connectivity index (χ1v) is 9.02. The van der Waals surface area contributed by atoms with Gasteiger partial charge in [-0.05, 0) is 57.5 Å². The van der Waals surface area contributed by atoms with E-state index in [9.17, 15) is 4.79 Å². The number of benzene rings is 2. The molecule has 0 aromatic heterocycles. The fraction of sp³-hybridized carbons (Fsp3) is 0.381. The number of hydrogen-bond acceptors (Lipinski definition) is 2. The largest absolute Gasteiger partial charge is 0.323 e. The van der Waals surface area contributed by atoms with Crippen LogP contribution in [0.15, 0.2) is 54.6 Å². The van der Waals surface area contributed by atoms with Crippen molar-refractivity contribution in [2.45, 2.75) is 38.9 Å². The maximum absolute atomic E-state index is 13.0. The van der Waals surface area contributed by atoms with Crippen LogP contribution in [0.25, 0.3) is 0 Å². The fourth-order valence-electron chi connectivity index (χ4n) is 3.37. The number of hydrogen-bond donors (Lipinski definition) is 1. The highest BCUT2D eigenvalue weighted by atomic mass is 16.2. The number of rotatable bonds is 4. The van der Waals surface area contributed by atoms with Crippen molar-refractivity contribution in [3.63, 3.8) is 0 Å². The minimum absolute atomic E-state index is 0.0366. The normalized spacial score (nSPS) is 17.9. The van der Waals surface area contributed by atoms with E-state index in [1.165, 1.54) is 12.0 Å². The smallest absolute Gasteiger partial charge is 0.308 e. The van der Waals surface area contributed by atoms with E-state index in [1.807, 2.05) is 35.2 Å². The van der Waals surface area contributed by atoms with Crippen LogP contribution in [-0.2, 0) is 6.54 Å². The predicted molar refractivity (Wildman–Crippen MR) is 102 cm³/mol. The number of anilines is 1. The fourth-order valence-corrected chi connectivity index (χ4v) is 3.37. The molecular formula is C21H27N3O. The molecule has 0 radical (unpaired) electrons. The van der Waals surface area contributed by atoms with Gasteiger partial charge in [0.1, 0.15) is 0 Å². The first-order chi connectivity index (χ1) is 12.1. The van der Waals surface area contributed by atoms with Crippen LogP contribution < -0.4 is 5.32 Å². The molecule has 1 saturated heterocycles. The third-order valence-electron chi connectivity index (χ3n) is 4.85. The van der Waals surface area contributed by atoms with Crippen LogP contribution >= 0.6 is 0 Å². The lowest BCUT2D eigenvalue weighted by Crippen LogP contribution is -2.52. The standard InChI is InChI=1S/C21H27N3O/c1-17-11-13-18(14-12-17)16-24(20-10-6-7-15-23(20)2)21(25)22-19-8-4-3-5-9-19/h3-5,8-9,11-14,20H,6-7,10,15-16H2,1-2H3,(H,22,25). The second-order valence-electron chi connectivity index (χ2n) is 6.87. The van der Waals surface area contributed by atoms with Gasteiger partial charge < -0.3 is 10.2 Å². The number of nitrogens with zero attached hydrogens (tertiary/aromatic N) is 2. The molecule has 4 nitrogen and oxygen atoms in total. The lowest BCUT2D eigenvalue weighted by molar-refractivity contribution is 0.0558. The summed E-state index contributed by atoms with van der Waals surface area (Å²) in [5.74, 6) is 0. The van der Waals surface area contributed by atoms with Crippen molar-refractivity contribution < 1.29 is 4.79 Å². The first-order valence-electron chi connectivity index (χ1n) is 9.02. The lowest BCUT2D eigenvalue weighted by Gasteiger charge is -2.40. The van der Waals surface area contributed by atoms with Gasteiger partial charge in [0.2, 0.25) is 0 Å². The minimum Gasteiger partial charge on any atom is -0.308 e. The van der Waals surface area contributed by atoms with E-state index in [1.54, 1.807) is 0 Å². The molecular weight excluding hydrogens is 310 g/mol. The van der Waals surface area contributed by atoms with Crippen molar-refractivity contribution >= 4 is 11.7 Å². The third-order valence-corrected chi connectivity index (χ3v) is 4.85. The molecule has 2 aromatic rings. The van der Waals surface area contributed by atoms with Gasteiger partial charge in [-0.3, -0.25) is 4.90 Å². The van der Waals surface area contributed by atoms with Crippen molar-refractivity contribution in [3.05, 3.63) is 65.7 Å². The number of urea groups is 1. The Morgan fingerprint density at radius 1 is 1.12 bits per heavy atom. The number of nitrogens with one attached hydrogen (secondary N) is 1. The molecule has 1 fully saturated rings. The highest BCUT2D eigenvalue weighted by Crippen LogP contribution is 2.22. The van der Waals surface area contributed by atoms with E-state index in [0.717, 1.165) is 30.6 Å². The van der Waals surface area contributed by atoms with Crippen molar-refractivity contribution in [2.24, 2.45) is 0 Å². The van der Waals surface area contributed by atoms with E-state index in [4.69, 9.17) is 0 Å². The molecule has 2 aromatic carbocycles. The number of carbonyl (C=O) groups is 1. The SMILES string of the molecule is Cc1ccc(CN(C(=O)Nc2ccccc2)C2CCCCN2C)cc1. The summed E-state index contributed by atoms with van der Waals surface area (Å²) in [6.45, 7) is 3.74. The van der Waals surface area contributed by atoms with Gasteiger partial charge in [0, 0.05) is 12.2 Å². The molecule has 1 atom stereocenters. The van der Waals surface area contributed by atoms with Crippen molar-refractivity contribution in [1.82, 2.24) is 9.80 Å². The predicted octanol–water partition coefficient (Wildman–Crippen LogP) is 4.47. The topological polar surface area (TPSA) is 35.6 Å². The highest BCUT2D eigenvalue weighted by molar-refractivity contribution is 5.89. The second kappa shape index (κ2) is 8.17. The summed E-state index contributed by atoms with van der Waals surface area (Å²) in [4.78, 5) is 17.3. The van der Waals surface area contributed by atoms with Gasteiger partial charge in [-0.25, -0.2) is 4.79 Å². The molecule has 1 N–H and O–H groups in total. The van der Waals surface area contributed by atoms with Gasteiger partial charge in [0.05, 0.1) is 6.17 Å². The Morgan fingerprint density at radius 3 is 2.52 bits per heavy atom. The van der Waals surface area contributed by atoms with Crippen LogP contribution in [0, 0.1) is 6.92 Å². The summed E-state index contributed by atoms with van der Waals surface area (Å²) in [7, 11) is 2.11. The van der Waals surface area contributed by atoms with Crippen LogP contribution in [-0.4, -0.2) is 35.6 Å². The van der Waals surface area contributed by atoms with Gasteiger partial charge in [-0.15, -0.1) is 0 Å². The average Bonchev–Trinajstić information content (AvgIpc) is 2.63. The highest BCUT2D eigenvalue weighted by Gasteiger charge is 2.29. The van der Waals surface area contributed by atoms with E-state index in [2.05, 4.69) is 48.5 Å². The van der Waals surface area contributed by atoms with Crippen molar-refractivity contribution in [3.8, 4) is 0 Å². The lowest BCUT2D eigenvalue weighted by atomic mass is 10.1. The Bertz CT molecular complexity index is 684. The Morgan fingerprint density at radius 2 is 1.84 bits per heavy atom. The van der Waals surface area contributed by atoms with E-state index >= 15 is 0 Å². The molecule has 0 aliphatic carbocycles. The average molecular weight is 337 g/mol. The Balaban J connectivity index is 1.80. The monoisotopic (exact) mass is 337 g/mol. The van der Waals surface area contributed by atoms with Gasteiger partial charge in [-0.1, -0.05) is 48.0 Å². The van der Waals surface area contributed by atoms with Gasteiger partial charge in [0.15, 0.2) is 0 Å². The van der Waals surface area contributed by atoms with Crippen LogP contribution in [0.4, 0.5) is 10.5 Å². The molecule has 3 rings (SSSR count). The molecule has 0 spiro atoms. The van der Waals surface area contributed by atoms with Crippen molar-refractivity contribution in [1.29, 1.82) is 0 Å². The molecule has 0 saturated carbocycles. The van der Waals surface area contributed by atoms with E-state index in [-0.39, 0.29) is 12.2 Å². The third kappa shape index (κ3) is 4.60. The zero-order valence-electron chi connectivity index (χ0n) is 15.1. The van der Waals surface area contributed by atoms with Crippen LogP contribution in [0.3, 0.4) is 0 Å². The van der Waals surface area contributed by atoms with Crippen LogP contribution in [0.1, 0.15) is 30.4 Å². The number of aryl methyl sites for hydroxylation is 1. The Hall–Kier alpha value is -2.33. The Labute approximate surface area is 150 Å². The summed E-state index contributed by atoms with van der Waals surface area (Å²) in [5.41, 5.74) is 3.23. The molecule has 132 valence electrons. The van der Waals surface area contributed by atoms with E-state index < -0.39 is 0 Å². The molecule has 1 aliphatic rings. The molecule has 25 heavy (non-hydrogen) atoms. The summed E-state index contributed by atoms with van der Waals surface area (Å²) in [6.07, 6.45) is 3.52. The number of amides is 2. The van der Waals surface area contributed by atoms with Crippen molar-refractivity contribution in [2.75, 3.05) is 18.9 Å². The Kier molecular flexibility index (Phi) is 5.71. The van der Waals surface area contributed by atoms with Crippen LogP contribution in [0.2, 0.25) is 0 Å². The maximum Gasteiger partial charge on any atom is 0.323 e. The molecule has 1 aliphatic heterocycles. The van der Waals surface area contributed by atoms with E-state index in [0.29, 0.717) is 6.54 Å². The first kappa shape index (κ1) is 17.5. The molecule has 1 heterocycles. The quantitative estimate of drug-likeness (QED) is 0.893. The number of carbonyl (C=O) groups excluding carboxylic acids is 1. The molecule has 2 amide bonds. The zero-order valence-corrected chi connectivity index (χ0v) is 15.1. The number of likely N-dealkylation sites (tertiary alicyclic amines) is 1. The van der Waals surface area contributed by atoms with Crippen LogP contribution in [0.5, 0.6) is 0 Å². The molecule has 1 unspecified atom stereocenters. The zero-order chi connectivity index (χ0) is 17.6. The molecule has 4 heteroatoms. The maximum atomic E-state index is 13.0. The van der Waals surface area contributed by atoms with Gasteiger partial charge in [-0.2, -0.15) is 0 Å². The summed E-state index contributed by atoms with van der Waals surface area (Å²) >= 11 is 0. The second-order valence-corrected chi connectivity index (χ2v) is 6.87. The number of para-hydroxylation sites is 1. The summed E-state index contributed by atoms with van der Waals surface area (Å²) < 4.78 is 0.